The zero-order valence-corrected chi connectivity index (χ0v) is 23.5. The average molecular weight is 572 g/mol. The lowest BCUT2D eigenvalue weighted by molar-refractivity contribution is -0.645. The number of aliphatic hydroxyl groups excluding tert-OH is 1. The molecule has 8 nitrogen and oxygen atoms in total. The van der Waals surface area contributed by atoms with Gasteiger partial charge in [0, 0.05) is 41.6 Å². The van der Waals surface area contributed by atoms with Crippen molar-refractivity contribution in [2.45, 2.75) is 43.6 Å². The van der Waals surface area contributed by atoms with Crippen LogP contribution in [0.5, 0.6) is 0 Å². The lowest BCUT2D eigenvalue weighted by atomic mass is 9.91. The Morgan fingerprint density at radius 3 is 2.32 bits per heavy atom. The first-order valence-electron chi connectivity index (χ1n) is 13.5. The van der Waals surface area contributed by atoms with Crippen LogP contribution < -0.4 is 15.4 Å². The fourth-order valence-corrected chi connectivity index (χ4v) is 5.76. The van der Waals surface area contributed by atoms with E-state index in [-0.39, 0.29) is 30.8 Å². The number of nitrogens with one attached hydrogen (secondary N) is 2. The van der Waals surface area contributed by atoms with Gasteiger partial charge in [0.05, 0.1) is 18.8 Å². The highest BCUT2D eigenvalue weighted by atomic mass is 32.2. The normalized spacial score (nSPS) is 20.3. The van der Waals surface area contributed by atoms with Crippen LogP contribution in [0.25, 0.3) is 0 Å². The number of amides is 2. The van der Waals surface area contributed by atoms with E-state index in [2.05, 4.69) is 17.6 Å². The highest BCUT2D eigenvalue weighted by Crippen LogP contribution is 2.43. The second-order valence-corrected chi connectivity index (χ2v) is 11.0. The number of ether oxygens (including phenoxy) is 2. The molecular weight excluding hydrogens is 538 g/mol. The van der Waals surface area contributed by atoms with Gasteiger partial charge in [-0.25, -0.2) is 4.79 Å². The number of nitrogens with zero attached hydrogens (tertiary/aromatic N) is 1. The Labute approximate surface area is 243 Å². The van der Waals surface area contributed by atoms with E-state index < -0.39 is 6.29 Å². The van der Waals surface area contributed by atoms with Gasteiger partial charge < -0.3 is 30.4 Å². The van der Waals surface area contributed by atoms with Crippen LogP contribution in [0.15, 0.2) is 108 Å². The van der Waals surface area contributed by atoms with Gasteiger partial charge in [-0.15, -0.1) is 0 Å². The van der Waals surface area contributed by atoms with Crippen LogP contribution in [-0.4, -0.2) is 23.0 Å². The SMILES string of the molecule is CC1C(CSc2cccc[n+]2[O-])OC(c2ccc(NC(=O)NCc3ccccc3)cc2)OC1c1ccc(CO)cc1. The van der Waals surface area contributed by atoms with Crippen molar-refractivity contribution < 1.29 is 24.1 Å². The molecule has 0 saturated carbocycles. The Morgan fingerprint density at radius 1 is 0.902 bits per heavy atom. The van der Waals surface area contributed by atoms with Crippen molar-refractivity contribution in [1.29, 1.82) is 0 Å². The molecule has 1 fully saturated rings. The summed E-state index contributed by atoms with van der Waals surface area (Å²) in [4.78, 5) is 12.4. The van der Waals surface area contributed by atoms with Crippen LogP contribution in [0.2, 0.25) is 0 Å². The quantitative estimate of drug-likeness (QED) is 0.135. The summed E-state index contributed by atoms with van der Waals surface area (Å²) in [5.74, 6) is 0.566. The lowest BCUT2D eigenvalue weighted by Gasteiger charge is -2.41. The molecule has 1 saturated heterocycles. The van der Waals surface area contributed by atoms with Crippen molar-refractivity contribution in [1.82, 2.24) is 5.32 Å². The Balaban J connectivity index is 1.29. The summed E-state index contributed by atoms with van der Waals surface area (Å²) in [6.45, 7) is 2.49. The molecule has 1 aromatic heterocycles. The Morgan fingerprint density at radius 2 is 1.61 bits per heavy atom. The number of urea groups is 1. The predicted molar refractivity (Wildman–Crippen MR) is 158 cm³/mol. The predicted octanol–water partition coefficient (Wildman–Crippen LogP) is 5.72. The number of rotatable bonds is 9. The van der Waals surface area contributed by atoms with E-state index in [9.17, 15) is 15.1 Å². The van der Waals surface area contributed by atoms with Gasteiger partial charge in [0.1, 0.15) is 0 Å². The van der Waals surface area contributed by atoms with Crippen molar-refractivity contribution in [2.24, 2.45) is 5.92 Å². The lowest BCUT2D eigenvalue weighted by Crippen LogP contribution is -2.39. The van der Waals surface area contributed by atoms with E-state index in [0.29, 0.717) is 23.0 Å². The van der Waals surface area contributed by atoms with Gasteiger partial charge >= 0.3 is 6.03 Å². The monoisotopic (exact) mass is 571 g/mol. The van der Waals surface area contributed by atoms with Crippen LogP contribution in [0.1, 0.15) is 41.6 Å². The van der Waals surface area contributed by atoms with Crippen LogP contribution in [0.3, 0.4) is 0 Å². The molecule has 3 N–H and O–H groups in total. The van der Waals surface area contributed by atoms with Crippen LogP contribution in [0.4, 0.5) is 10.5 Å². The molecule has 9 heteroatoms. The molecule has 3 aromatic carbocycles. The van der Waals surface area contributed by atoms with Gasteiger partial charge in [-0.2, -0.15) is 4.73 Å². The number of hydrogen-bond acceptors (Lipinski definition) is 6. The maximum Gasteiger partial charge on any atom is 0.319 e. The minimum absolute atomic E-state index is 0.00297. The zero-order chi connectivity index (χ0) is 28.6. The summed E-state index contributed by atoms with van der Waals surface area (Å²) in [5.41, 5.74) is 4.31. The van der Waals surface area contributed by atoms with Crippen molar-refractivity contribution in [3.63, 3.8) is 0 Å². The highest BCUT2D eigenvalue weighted by molar-refractivity contribution is 7.99. The van der Waals surface area contributed by atoms with Gasteiger partial charge in [0.25, 0.3) is 5.03 Å². The Bertz CT molecular complexity index is 1420. The molecule has 41 heavy (non-hydrogen) atoms. The van der Waals surface area contributed by atoms with E-state index in [1.807, 2.05) is 84.9 Å². The Hall–Kier alpha value is -3.89. The maximum absolute atomic E-state index is 12.4. The molecule has 2 amide bonds. The summed E-state index contributed by atoms with van der Waals surface area (Å²) in [6, 6.07) is 29.9. The maximum atomic E-state index is 12.4. The smallest absolute Gasteiger partial charge is 0.319 e. The van der Waals surface area contributed by atoms with E-state index in [4.69, 9.17) is 9.47 Å². The molecule has 5 rings (SSSR count). The third kappa shape index (κ3) is 7.45. The summed E-state index contributed by atoms with van der Waals surface area (Å²) in [6.07, 6.45) is 0.380. The van der Waals surface area contributed by atoms with Gasteiger partial charge in [0.15, 0.2) is 12.5 Å². The molecule has 0 aliphatic carbocycles. The van der Waals surface area contributed by atoms with E-state index in [1.54, 1.807) is 12.1 Å². The second-order valence-electron chi connectivity index (χ2n) is 9.91. The number of thioether (sulfide) groups is 1. The summed E-state index contributed by atoms with van der Waals surface area (Å²) in [7, 11) is 0. The largest absolute Gasteiger partial charge is 0.618 e. The summed E-state index contributed by atoms with van der Waals surface area (Å²) >= 11 is 1.45. The molecule has 0 bridgehead atoms. The van der Waals surface area contributed by atoms with Crippen molar-refractivity contribution >= 4 is 23.5 Å². The van der Waals surface area contributed by atoms with Crippen LogP contribution in [0, 0.1) is 11.1 Å². The minimum atomic E-state index is -0.643. The third-order valence-corrected chi connectivity index (χ3v) is 8.15. The number of anilines is 1. The van der Waals surface area contributed by atoms with E-state index in [0.717, 1.165) is 27.0 Å². The number of carbonyl (C=O) groups is 1. The molecule has 212 valence electrons. The molecule has 4 atom stereocenters. The van der Waals surface area contributed by atoms with Crippen molar-refractivity contribution in [2.75, 3.05) is 11.1 Å². The van der Waals surface area contributed by atoms with Crippen LogP contribution >= 0.6 is 11.8 Å². The van der Waals surface area contributed by atoms with E-state index in [1.165, 1.54) is 18.0 Å². The zero-order valence-electron chi connectivity index (χ0n) is 22.7. The molecule has 2 heterocycles. The number of aliphatic hydroxyl groups is 1. The minimum Gasteiger partial charge on any atom is -0.618 e. The van der Waals surface area contributed by atoms with Crippen molar-refractivity contribution in [3.8, 4) is 0 Å². The standard InChI is InChI=1S/C32H33N3O5S/c1-22-28(21-41-29-9-5-6-18-35(29)38)39-31(40-30(22)25-12-10-24(20-36)11-13-25)26-14-16-27(17-15-26)34-32(37)33-19-23-7-3-2-4-8-23/h2-18,22,28,30-31,36H,19-21H2,1H3,(H2,33,34,37). The molecular formula is C32H33N3O5S. The third-order valence-electron chi connectivity index (χ3n) is 7.04. The summed E-state index contributed by atoms with van der Waals surface area (Å²) in [5, 5.41) is 28.0. The number of hydrogen-bond donors (Lipinski definition) is 3. The molecule has 4 unspecified atom stereocenters. The average Bonchev–Trinajstić information content (AvgIpc) is 3.01. The Kier molecular flexibility index (Phi) is 9.53. The first-order chi connectivity index (χ1) is 20.0. The number of pyridine rings is 1. The van der Waals surface area contributed by atoms with Crippen LogP contribution in [-0.2, 0) is 22.6 Å². The van der Waals surface area contributed by atoms with Crippen molar-refractivity contribution in [3.05, 3.63) is 131 Å². The van der Waals surface area contributed by atoms with Gasteiger partial charge in [-0.05, 0) is 34.9 Å². The molecule has 1 aliphatic heterocycles. The van der Waals surface area contributed by atoms with Gasteiger partial charge in [-0.3, -0.25) is 0 Å². The fourth-order valence-electron chi connectivity index (χ4n) is 4.68. The number of benzene rings is 3. The van der Waals surface area contributed by atoms with Gasteiger partial charge in [0.2, 0.25) is 0 Å². The molecule has 1 aliphatic rings. The van der Waals surface area contributed by atoms with Gasteiger partial charge in [-0.1, -0.05) is 85.4 Å². The molecule has 0 spiro atoms. The van der Waals surface area contributed by atoms with E-state index >= 15 is 0 Å². The fraction of sp³-hybridized carbons (Fsp3) is 0.250. The second kappa shape index (κ2) is 13.6. The number of aromatic nitrogens is 1. The first kappa shape index (κ1) is 28.6. The molecule has 4 aromatic rings. The highest BCUT2D eigenvalue weighted by Gasteiger charge is 2.38. The number of carbonyl (C=O) groups excluding carboxylic acids is 1. The molecule has 0 radical (unpaired) electrons. The topological polar surface area (TPSA) is 107 Å². The summed E-state index contributed by atoms with van der Waals surface area (Å²) < 4.78 is 13.8. The first-order valence-corrected chi connectivity index (χ1v) is 14.5.